The van der Waals surface area contributed by atoms with Crippen LogP contribution >= 0.6 is 12.4 Å². The molecule has 1 aromatic carbocycles. The Balaban J connectivity index is 0.00000338. The third-order valence-electron chi connectivity index (χ3n) is 4.44. The Morgan fingerprint density at radius 2 is 1.85 bits per heavy atom. The molecule has 2 rings (SSSR count). The molecule has 1 atom stereocenters. The molecule has 0 saturated carbocycles. The normalized spacial score (nSPS) is 17.3. The van der Waals surface area contributed by atoms with E-state index in [1.807, 2.05) is 14.0 Å². The van der Waals surface area contributed by atoms with Crippen LogP contribution in [0.1, 0.15) is 25.3 Å². The van der Waals surface area contributed by atoms with Gasteiger partial charge in [0.05, 0.1) is 10.9 Å². The lowest BCUT2D eigenvalue weighted by molar-refractivity contribution is -0.122. The van der Waals surface area contributed by atoms with Crippen molar-refractivity contribution < 1.29 is 13.2 Å². The molecule has 1 aliphatic heterocycles. The number of carbonyl (C=O) groups is 1. The Bertz CT molecular complexity index is 691. The highest BCUT2D eigenvalue weighted by molar-refractivity contribution is 7.89. The van der Waals surface area contributed by atoms with Crippen LogP contribution in [-0.4, -0.2) is 62.8 Å². The van der Waals surface area contributed by atoms with Crippen LogP contribution in [0, 0.1) is 0 Å². The predicted octanol–water partition coefficient (Wildman–Crippen LogP) is 0.788. The fourth-order valence-electron chi connectivity index (χ4n) is 2.82. The van der Waals surface area contributed by atoms with E-state index in [4.69, 9.17) is 5.73 Å². The minimum Gasteiger partial charge on any atom is -0.351 e. The average Bonchev–Trinajstić information content (AvgIpc) is 2.60. The van der Waals surface area contributed by atoms with Crippen LogP contribution in [0.4, 0.5) is 0 Å². The maximum atomic E-state index is 13.0. The van der Waals surface area contributed by atoms with Crippen LogP contribution in [-0.2, 0) is 21.4 Å². The van der Waals surface area contributed by atoms with Gasteiger partial charge < -0.3 is 16.0 Å². The fraction of sp³-hybridized carbons (Fsp3) is 0.588. The number of halogens is 1. The number of rotatable bonds is 7. The van der Waals surface area contributed by atoms with E-state index in [2.05, 4.69) is 10.2 Å². The molecule has 1 saturated heterocycles. The van der Waals surface area contributed by atoms with Crippen molar-refractivity contribution >= 4 is 28.3 Å². The maximum Gasteiger partial charge on any atom is 0.243 e. The number of nitrogens with two attached hydrogens (primary N) is 1. The topological polar surface area (TPSA) is 95.7 Å². The van der Waals surface area contributed by atoms with Crippen molar-refractivity contribution in [1.82, 2.24) is 14.5 Å². The van der Waals surface area contributed by atoms with Gasteiger partial charge in [-0.15, -0.1) is 12.4 Å². The van der Waals surface area contributed by atoms with Crippen molar-refractivity contribution in [1.29, 1.82) is 0 Å². The summed E-state index contributed by atoms with van der Waals surface area (Å²) in [6, 6.07) is 6.25. The fourth-order valence-corrected chi connectivity index (χ4v) is 4.47. The number of hydrogen-bond acceptors (Lipinski definition) is 5. The zero-order valence-corrected chi connectivity index (χ0v) is 17.0. The van der Waals surface area contributed by atoms with E-state index in [1.165, 1.54) is 4.31 Å². The number of sulfonamides is 1. The van der Waals surface area contributed by atoms with Crippen molar-refractivity contribution in [2.75, 3.05) is 33.2 Å². The van der Waals surface area contributed by atoms with Gasteiger partial charge in [0.15, 0.2) is 0 Å². The largest absolute Gasteiger partial charge is 0.351 e. The Kier molecular flexibility index (Phi) is 8.99. The molecule has 1 amide bonds. The first kappa shape index (κ1) is 22.9. The van der Waals surface area contributed by atoms with Gasteiger partial charge in [-0.05, 0) is 25.1 Å². The maximum absolute atomic E-state index is 13.0. The molecule has 26 heavy (non-hydrogen) atoms. The van der Waals surface area contributed by atoms with Gasteiger partial charge in [0, 0.05) is 32.7 Å². The van der Waals surface area contributed by atoms with E-state index in [9.17, 15) is 13.2 Å². The number of carbonyl (C=O) groups excluding carboxylic acids is 1. The first-order valence-electron chi connectivity index (χ1n) is 8.66. The Labute approximate surface area is 162 Å². The molecule has 3 N–H and O–H groups in total. The summed E-state index contributed by atoms with van der Waals surface area (Å²) >= 11 is 0. The average molecular weight is 405 g/mol. The highest BCUT2D eigenvalue weighted by Gasteiger charge is 2.29. The molecular formula is C17H29ClN4O3S. The van der Waals surface area contributed by atoms with Crippen LogP contribution in [0.25, 0.3) is 0 Å². The molecule has 0 aromatic heterocycles. The molecule has 0 aliphatic carbocycles. The summed E-state index contributed by atoms with van der Waals surface area (Å²) in [5.74, 6) is -0.256. The Morgan fingerprint density at radius 1 is 1.23 bits per heavy atom. The Morgan fingerprint density at radius 3 is 2.46 bits per heavy atom. The lowest BCUT2D eigenvalue weighted by Gasteiger charge is -2.32. The second kappa shape index (κ2) is 10.2. The summed E-state index contributed by atoms with van der Waals surface area (Å²) in [7, 11) is -1.59. The third kappa shape index (κ3) is 5.65. The monoisotopic (exact) mass is 404 g/mol. The molecule has 148 valence electrons. The van der Waals surface area contributed by atoms with Gasteiger partial charge in [-0.1, -0.05) is 31.5 Å². The summed E-state index contributed by atoms with van der Waals surface area (Å²) in [6.07, 6.45) is 1.43. The van der Waals surface area contributed by atoms with E-state index < -0.39 is 16.1 Å². The molecule has 0 spiro atoms. The van der Waals surface area contributed by atoms with Crippen molar-refractivity contribution in [2.24, 2.45) is 5.73 Å². The molecule has 1 aromatic rings. The van der Waals surface area contributed by atoms with E-state index in [0.29, 0.717) is 38.2 Å². The summed E-state index contributed by atoms with van der Waals surface area (Å²) in [4.78, 5) is 14.4. The minimum atomic E-state index is -3.57. The standard InChI is InChI=1S/C17H28N4O3S.ClH/c1-3-6-15(18)17(22)19-13-14-7-4-5-8-16(14)25(23,24)21-11-9-20(2)10-12-21;/h4-5,7-8,15H,3,6,9-13,18H2,1-2H3,(H,19,22);1H. The van der Waals surface area contributed by atoms with Gasteiger partial charge in [0.25, 0.3) is 0 Å². The van der Waals surface area contributed by atoms with E-state index in [-0.39, 0.29) is 29.8 Å². The number of benzene rings is 1. The minimum absolute atomic E-state index is 0. The number of hydrogen-bond donors (Lipinski definition) is 2. The number of amides is 1. The lowest BCUT2D eigenvalue weighted by atomic mass is 10.1. The summed E-state index contributed by atoms with van der Waals surface area (Å²) in [5.41, 5.74) is 6.38. The predicted molar refractivity (Wildman–Crippen MR) is 105 cm³/mol. The van der Waals surface area contributed by atoms with Crippen molar-refractivity contribution in [2.45, 2.75) is 37.2 Å². The van der Waals surface area contributed by atoms with Crippen LogP contribution in [0.3, 0.4) is 0 Å². The van der Waals surface area contributed by atoms with Crippen LogP contribution in [0.2, 0.25) is 0 Å². The van der Waals surface area contributed by atoms with E-state index in [0.717, 1.165) is 6.42 Å². The molecular weight excluding hydrogens is 376 g/mol. The first-order valence-corrected chi connectivity index (χ1v) is 10.1. The number of nitrogens with one attached hydrogen (secondary N) is 1. The molecule has 1 unspecified atom stereocenters. The molecule has 0 bridgehead atoms. The van der Waals surface area contributed by atoms with Gasteiger partial charge in [-0.3, -0.25) is 4.79 Å². The molecule has 1 heterocycles. The summed E-state index contributed by atoms with van der Waals surface area (Å²) in [6.45, 7) is 4.49. The zero-order valence-electron chi connectivity index (χ0n) is 15.3. The third-order valence-corrected chi connectivity index (χ3v) is 6.44. The first-order chi connectivity index (χ1) is 11.9. The molecule has 0 radical (unpaired) electrons. The van der Waals surface area contributed by atoms with Crippen molar-refractivity contribution in [3.05, 3.63) is 29.8 Å². The lowest BCUT2D eigenvalue weighted by Crippen LogP contribution is -2.47. The molecule has 7 nitrogen and oxygen atoms in total. The highest BCUT2D eigenvalue weighted by atomic mass is 35.5. The Hall–Kier alpha value is -1.19. The SMILES string of the molecule is CCCC(N)C(=O)NCc1ccccc1S(=O)(=O)N1CCN(C)CC1.Cl. The van der Waals surface area contributed by atoms with Gasteiger partial charge >= 0.3 is 0 Å². The van der Waals surface area contributed by atoms with Gasteiger partial charge in [-0.25, -0.2) is 8.42 Å². The van der Waals surface area contributed by atoms with Crippen LogP contribution < -0.4 is 11.1 Å². The zero-order chi connectivity index (χ0) is 18.4. The second-order valence-electron chi connectivity index (χ2n) is 6.43. The van der Waals surface area contributed by atoms with Crippen LogP contribution in [0.5, 0.6) is 0 Å². The smallest absolute Gasteiger partial charge is 0.243 e. The van der Waals surface area contributed by atoms with Gasteiger partial charge in [-0.2, -0.15) is 4.31 Å². The van der Waals surface area contributed by atoms with Crippen molar-refractivity contribution in [3.63, 3.8) is 0 Å². The summed E-state index contributed by atoms with van der Waals surface area (Å²) < 4.78 is 27.4. The number of piperazine rings is 1. The van der Waals surface area contributed by atoms with Crippen molar-refractivity contribution in [3.8, 4) is 0 Å². The van der Waals surface area contributed by atoms with E-state index in [1.54, 1.807) is 24.3 Å². The molecule has 1 fully saturated rings. The molecule has 1 aliphatic rings. The number of likely N-dealkylation sites (N-methyl/N-ethyl adjacent to an activating group) is 1. The number of nitrogens with zero attached hydrogens (tertiary/aromatic N) is 2. The van der Waals surface area contributed by atoms with Crippen LogP contribution in [0.15, 0.2) is 29.2 Å². The second-order valence-corrected chi connectivity index (χ2v) is 8.33. The van der Waals surface area contributed by atoms with E-state index >= 15 is 0 Å². The van der Waals surface area contributed by atoms with Gasteiger partial charge in [0.2, 0.25) is 15.9 Å². The van der Waals surface area contributed by atoms with Gasteiger partial charge in [0.1, 0.15) is 0 Å². The molecule has 9 heteroatoms. The highest BCUT2D eigenvalue weighted by Crippen LogP contribution is 2.21. The quantitative estimate of drug-likeness (QED) is 0.700. The summed E-state index contributed by atoms with van der Waals surface area (Å²) in [5, 5.41) is 2.75.